The van der Waals surface area contributed by atoms with E-state index in [9.17, 15) is 9.59 Å². The fourth-order valence-electron chi connectivity index (χ4n) is 3.55. The van der Waals surface area contributed by atoms with Crippen LogP contribution in [0.4, 0.5) is 0 Å². The minimum Gasteiger partial charge on any atom is -0.486 e. The van der Waals surface area contributed by atoms with Gasteiger partial charge in [-0.1, -0.05) is 6.07 Å². The quantitative estimate of drug-likeness (QED) is 0.760. The van der Waals surface area contributed by atoms with E-state index in [0.717, 1.165) is 36.2 Å². The van der Waals surface area contributed by atoms with Crippen LogP contribution in [-0.4, -0.2) is 43.5 Å². The number of nitrogens with zero attached hydrogens (tertiary/aromatic N) is 1. The van der Waals surface area contributed by atoms with Crippen LogP contribution in [-0.2, 0) is 4.79 Å². The van der Waals surface area contributed by atoms with Crippen molar-refractivity contribution in [3.05, 3.63) is 53.6 Å². The van der Waals surface area contributed by atoms with Crippen LogP contribution in [0.1, 0.15) is 34.8 Å². The summed E-state index contributed by atoms with van der Waals surface area (Å²) in [5.74, 6) is 2.02. The number of aldehydes is 1. The van der Waals surface area contributed by atoms with Gasteiger partial charge in [-0.15, -0.1) is 0 Å². The van der Waals surface area contributed by atoms with Crippen LogP contribution in [0.3, 0.4) is 0 Å². The van der Waals surface area contributed by atoms with Crippen LogP contribution in [0.15, 0.2) is 42.5 Å². The van der Waals surface area contributed by atoms with Crippen molar-refractivity contribution in [1.29, 1.82) is 0 Å². The zero-order valence-corrected chi connectivity index (χ0v) is 14.9. The standard InChI is InChI=1S/C21H21NO5/c23-13-15-3-6-17(7-4-15)27-14-21(24)22-9-1-2-18(22)16-5-8-19-20(12-16)26-11-10-25-19/h3-8,12-13,18H,1-2,9-11,14H2. The molecule has 0 aliphatic carbocycles. The molecule has 1 saturated heterocycles. The smallest absolute Gasteiger partial charge is 0.261 e. The molecule has 2 aliphatic rings. The van der Waals surface area contributed by atoms with E-state index >= 15 is 0 Å². The lowest BCUT2D eigenvalue weighted by atomic mass is 10.0. The third-order valence-corrected chi connectivity index (χ3v) is 4.90. The zero-order valence-electron chi connectivity index (χ0n) is 14.9. The van der Waals surface area contributed by atoms with Gasteiger partial charge in [0.1, 0.15) is 25.2 Å². The highest BCUT2D eigenvalue weighted by molar-refractivity contribution is 5.79. The van der Waals surface area contributed by atoms with Crippen LogP contribution in [0.2, 0.25) is 0 Å². The molecule has 6 nitrogen and oxygen atoms in total. The van der Waals surface area contributed by atoms with Gasteiger partial charge in [-0.2, -0.15) is 0 Å². The molecule has 0 spiro atoms. The molecule has 1 fully saturated rings. The molecule has 0 saturated carbocycles. The molecule has 0 N–H and O–H groups in total. The second-order valence-corrected chi connectivity index (χ2v) is 6.62. The maximum Gasteiger partial charge on any atom is 0.261 e. The number of hydrogen-bond donors (Lipinski definition) is 0. The minimum absolute atomic E-state index is 0.0226. The molecule has 1 atom stereocenters. The highest BCUT2D eigenvalue weighted by atomic mass is 16.6. The molecule has 4 rings (SSSR count). The summed E-state index contributed by atoms with van der Waals surface area (Å²) in [7, 11) is 0. The Labute approximate surface area is 157 Å². The van der Waals surface area contributed by atoms with E-state index in [1.807, 2.05) is 23.1 Å². The molecule has 140 valence electrons. The van der Waals surface area contributed by atoms with E-state index < -0.39 is 0 Å². The van der Waals surface area contributed by atoms with Crippen LogP contribution in [0, 0.1) is 0 Å². The first kappa shape index (κ1) is 17.4. The average Bonchev–Trinajstić information content (AvgIpc) is 3.22. The molecule has 1 unspecified atom stereocenters. The number of benzene rings is 2. The van der Waals surface area contributed by atoms with Crippen LogP contribution < -0.4 is 14.2 Å². The zero-order chi connectivity index (χ0) is 18.6. The van der Waals surface area contributed by atoms with E-state index in [2.05, 4.69) is 0 Å². The Morgan fingerprint density at radius 1 is 1.11 bits per heavy atom. The number of carbonyl (C=O) groups is 2. The molecule has 0 aromatic heterocycles. The summed E-state index contributed by atoms with van der Waals surface area (Å²) in [5.41, 5.74) is 1.63. The third-order valence-electron chi connectivity index (χ3n) is 4.90. The van der Waals surface area contributed by atoms with Crippen molar-refractivity contribution in [3.8, 4) is 17.2 Å². The first-order chi connectivity index (χ1) is 13.2. The van der Waals surface area contributed by atoms with Gasteiger partial charge in [-0.05, 0) is 54.8 Å². The lowest BCUT2D eigenvalue weighted by molar-refractivity contribution is -0.134. The minimum atomic E-state index is -0.0492. The second-order valence-electron chi connectivity index (χ2n) is 6.62. The number of amides is 1. The lowest BCUT2D eigenvalue weighted by Crippen LogP contribution is -2.34. The molecule has 0 bridgehead atoms. The van der Waals surface area contributed by atoms with Gasteiger partial charge >= 0.3 is 0 Å². The molecule has 2 heterocycles. The summed E-state index contributed by atoms with van der Waals surface area (Å²) >= 11 is 0. The van der Waals surface area contributed by atoms with Crippen molar-refractivity contribution in [1.82, 2.24) is 4.90 Å². The number of likely N-dealkylation sites (tertiary alicyclic amines) is 1. The summed E-state index contributed by atoms with van der Waals surface area (Å²) < 4.78 is 16.8. The van der Waals surface area contributed by atoms with Crippen LogP contribution in [0.5, 0.6) is 17.2 Å². The van der Waals surface area contributed by atoms with Crippen molar-refractivity contribution in [3.63, 3.8) is 0 Å². The molecule has 1 amide bonds. The Balaban J connectivity index is 1.42. The SMILES string of the molecule is O=Cc1ccc(OCC(=O)N2CCCC2c2ccc3c(c2)OCCO3)cc1. The van der Waals surface area contributed by atoms with Gasteiger partial charge in [-0.3, -0.25) is 9.59 Å². The summed E-state index contributed by atoms with van der Waals surface area (Å²) in [6.07, 6.45) is 2.65. The van der Waals surface area contributed by atoms with Gasteiger partial charge in [0.2, 0.25) is 0 Å². The Kier molecular flexibility index (Phi) is 4.96. The van der Waals surface area contributed by atoms with E-state index in [1.54, 1.807) is 24.3 Å². The molecular weight excluding hydrogens is 346 g/mol. The predicted octanol–water partition coefficient (Wildman–Crippen LogP) is 3.01. The molecular formula is C21H21NO5. The lowest BCUT2D eigenvalue weighted by Gasteiger charge is -2.26. The van der Waals surface area contributed by atoms with Crippen molar-refractivity contribution >= 4 is 12.2 Å². The largest absolute Gasteiger partial charge is 0.486 e. The first-order valence-corrected chi connectivity index (χ1v) is 9.11. The summed E-state index contributed by atoms with van der Waals surface area (Å²) in [4.78, 5) is 25.3. The van der Waals surface area contributed by atoms with Crippen molar-refractivity contribution in [2.45, 2.75) is 18.9 Å². The topological polar surface area (TPSA) is 65.1 Å². The van der Waals surface area contributed by atoms with Gasteiger partial charge in [0.25, 0.3) is 5.91 Å². The molecule has 0 radical (unpaired) electrons. The first-order valence-electron chi connectivity index (χ1n) is 9.11. The molecule has 2 aromatic carbocycles. The normalized spacial score (nSPS) is 18.2. The number of rotatable bonds is 5. The Hall–Kier alpha value is -3.02. The van der Waals surface area contributed by atoms with Crippen LogP contribution in [0.25, 0.3) is 0 Å². The fourth-order valence-corrected chi connectivity index (χ4v) is 3.55. The van der Waals surface area contributed by atoms with Gasteiger partial charge in [0.15, 0.2) is 18.1 Å². The van der Waals surface area contributed by atoms with Gasteiger partial charge in [0.05, 0.1) is 6.04 Å². The van der Waals surface area contributed by atoms with Gasteiger partial charge < -0.3 is 19.1 Å². The van der Waals surface area contributed by atoms with E-state index in [-0.39, 0.29) is 18.6 Å². The van der Waals surface area contributed by atoms with Crippen molar-refractivity contribution in [2.24, 2.45) is 0 Å². The summed E-state index contributed by atoms with van der Waals surface area (Å²) in [6, 6.07) is 12.6. The van der Waals surface area contributed by atoms with Gasteiger partial charge in [0, 0.05) is 12.1 Å². The second kappa shape index (κ2) is 7.70. The van der Waals surface area contributed by atoms with E-state index in [4.69, 9.17) is 14.2 Å². The number of fused-ring (bicyclic) bond motifs is 1. The third kappa shape index (κ3) is 3.74. The molecule has 27 heavy (non-hydrogen) atoms. The number of ether oxygens (including phenoxy) is 3. The Bertz CT molecular complexity index is 833. The molecule has 6 heteroatoms. The van der Waals surface area contributed by atoms with Crippen molar-refractivity contribution in [2.75, 3.05) is 26.4 Å². The van der Waals surface area contributed by atoms with Crippen LogP contribution >= 0.6 is 0 Å². The summed E-state index contributed by atoms with van der Waals surface area (Å²) in [6.45, 7) is 1.79. The number of carbonyl (C=O) groups excluding carboxylic acids is 2. The van der Waals surface area contributed by atoms with Crippen molar-refractivity contribution < 1.29 is 23.8 Å². The highest BCUT2D eigenvalue weighted by Gasteiger charge is 2.31. The molecule has 2 aliphatic heterocycles. The summed E-state index contributed by atoms with van der Waals surface area (Å²) in [5, 5.41) is 0. The Morgan fingerprint density at radius 3 is 2.67 bits per heavy atom. The predicted molar refractivity (Wildman–Crippen MR) is 98.4 cm³/mol. The maximum atomic E-state index is 12.7. The number of hydrogen-bond acceptors (Lipinski definition) is 5. The average molecular weight is 367 g/mol. The monoisotopic (exact) mass is 367 g/mol. The molecule has 2 aromatic rings. The van der Waals surface area contributed by atoms with E-state index in [1.165, 1.54) is 0 Å². The Morgan fingerprint density at radius 2 is 1.89 bits per heavy atom. The highest BCUT2D eigenvalue weighted by Crippen LogP contribution is 2.38. The van der Waals surface area contributed by atoms with E-state index in [0.29, 0.717) is 31.1 Å². The maximum absolute atomic E-state index is 12.7. The van der Waals surface area contributed by atoms with Gasteiger partial charge in [-0.25, -0.2) is 0 Å². The fraction of sp³-hybridized carbons (Fsp3) is 0.333.